The van der Waals surface area contributed by atoms with E-state index >= 15 is 0 Å². The summed E-state index contributed by atoms with van der Waals surface area (Å²) in [5.41, 5.74) is -2.13. The molecule has 1 heterocycles. The molecule has 0 aliphatic carbocycles. The first-order valence-corrected chi connectivity index (χ1v) is 3.62. The summed E-state index contributed by atoms with van der Waals surface area (Å²) in [4.78, 5) is 35.0. The Morgan fingerprint density at radius 2 is 1.38 bits per heavy atom. The Hall–Kier alpha value is -1.43. The van der Waals surface area contributed by atoms with Gasteiger partial charge < -0.3 is 5.11 Å². The minimum absolute atomic E-state index is 0.710. The van der Waals surface area contributed by atoms with E-state index in [4.69, 9.17) is 0 Å². The van der Waals surface area contributed by atoms with Crippen LogP contribution in [0.25, 0.3) is 0 Å². The molecule has 6 nitrogen and oxygen atoms in total. The van der Waals surface area contributed by atoms with E-state index in [2.05, 4.69) is 0 Å². The number of hydrogen-bond donors (Lipinski definition) is 1. The molecule has 0 aromatic carbocycles. The molecule has 72 valence electrons. The molecule has 0 aromatic rings. The molecular weight excluding hydrogens is 176 g/mol. The maximum absolute atomic E-state index is 11.2. The predicted octanol–water partition coefficient (Wildman–Crippen LogP) is -1.21. The lowest BCUT2D eigenvalue weighted by molar-refractivity contribution is -0.165. The number of barbiturate groups is 1. The Morgan fingerprint density at radius 1 is 1.08 bits per heavy atom. The lowest BCUT2D eigenvalue weighted by atomic mass is 10.0. The Labute approximate surface area is 74.7 Å². The number of rotatable bonds is 0. The fourth-order valence-corrected chi connectivity index (χ4v) is 1.14. The number of amides is 4. The smallest absolute Gasteiger partial charge is 0.333 e. The van der Waals surface area contributed by atoms with Crippen LogP contribution in [0.1, 0.15) is 6.92 Å². The summed E-state index contributed by atoms with van der Waals surface area (Å²) in [6.07, 6.45) is 0. The quantitative estimate of drug-likeness (QED) is 0.481. The molecule has 1 N–H and O–H groups in total. The topological polar surface area (TPSA) is 77.9 Å². The SMILES string of the molecule is CN1C(=O)N(C)C(=O)C(C)(O)C1=O. The standard InChI is InChI=1S/C7H10N2O4/c1-7(13)4(10)8(2)6(12)9(3)5(7)11/h13H,1-3H3. The molecule has 0 atom stereocenters. The maximum Gasteiger partial charge on any atom is 0.333 e. The molecule has 1 aliphatic rings. The largest absolute Gasteiger partial charge is 0.372 e. The summed E-state index contributed by atoms with van der Waals surface area (Å²) >= 11 is 0. The van der Waals surface area contributed by atoms with Gasteiger partial charge in [-0.05, 0) is 6.92 Å². The molecule has 1 fully saturated rings. The van der Waals surface area contributed by atoms with Gasteiger partial charge in [-0.3, -0.25) is 19.4 Å². The van der Waals surface area contributed by atoms with E-state index in [1.54, 1.807) is 0 Å². The summed E-state index contributed by atoms with van der Waals surface area (Å²) in [6.45, 7) is 1.07. The van der Waals surface area contributed by atoms with E-state index < -0.39 is 23.4 Å². The van der Waals surface area contributed by atoms with Gasteiger partial charge in [0.25, 0.3) is 11.8 Å². The van der Waals surface area contributed by atoms with Crippen molar-refractivity contribution in [2.45, 2.75) is 12.5 Å². The third kappa shape index (κ3) is 1.10. The van der Waals surface area contributed by atoms with Crippen molar-refractivity contribution < 1.29 is 19.5 Å². The van der Waals surface area contributed by atoms with Crippen LogP contribution in [0.4, 0.5) is 4.79 Å². The van der Waals surface area contributed by atoms with Crippen molar-refractivity contribution in [2.75, 3.05) is 14.1 Å². The molecule has 0 radical (unpaired) electrons. The first-order valence-electron chi connectivity index (χ1n) is 3.62. The van der Waals surface area contributed by atoms with Gasteiger partial charge in [0.2, 0.25) is 5.60 Å². The number of likely N-dealkylation sites (N-methyl/N-ethyl adjacent to an activating group) is 2. The third-order valence-corrected chi connectivity index (χ3v) is 2.02. The second kappa shape index (κ2) is 2.53. The molecule has 0 bridgehead atoms. The van der Waals surface area contributed by atoms with Crippen molar-refractivity contribution in [3.63, 3.8) is 0 Å². The van der Waals surface area contributed by atoms with Crippen LogP contribution in [0.3, 0.4) is 0 Å². The molecule has 0 saturated carbocycles. The zero-order valence-corrected chi connectivity index (χ0v) is 7.57. The second-order valence-electron chi connectivity index (χ2n) is 3.08. The summed E-state index contributed by atoms with van der Waals surface area (Å²) in [7, 11) is 2.42. The van der Waals surface area contributed by atoms with Gasteiger partial charge in [0.05, 0.1) is 0 Å². The van der Waals surface area contributed by atoms with E-state index in [0.717, 1.165) is 6.92 Å². The van der Waals surface area contributed by atoms with Crippen molar-refractivity contribution in [3.8, 4) is 0 Å². The molecule has 6 heteroatoms. The first kappa shape index (κ1) is 9.66. The molecular formula is C7H10N2O4. The Balaban J connectivity index is 3.15. The highest BCUT2D eigenvalue weighted by Gasteiger charge is 2.50. The van der Waals surface area contributed by atoms with Crippen LogP contribution in [-0.2, 0) is 9.59 Å². The number of imide groups is 2. The molecule has 1 aliphatic heterocycles. The van der Waals surface area contributed by atoms with Crippen LogP contribution < -0.4 is 0 Å². The van der Waals surface area contributed by atoms with Gasteiger partial charge in [0.15, 0.2) is 0 Å². The van der Waals surface area contributed by atoms with Gasteiger partial charge in [-0.15, -0.1) is 0 Å². The highest BCUT2D eigenvalue weighted by atomic mass is 16.3. The fourth-order valence-electron chi connectivity index (χ4n) is 1.14. The summed E-state index contributed by atoms with van der Waals surface area (Å²) in [6, 6.07) is -0.735. The average molecular weight is 186 g/mol. The molecule has 1 rings (SSSR count). The normalized spacial score (nSPS) is 22.6. The number of nitrogens with zero attached hydrogens (tertiary/aromatic N) is 2. The summed E-state index contributed by atoms with van der Waals surface area (Å²) < 4.78 is 0. The Bertz CT molecular complexity index is 271. The minimum Gasteiger partial charge on any atom is -0.372 e. The monoisotopic (exact) mass is 186 g/mol. The van der Waals surface area contributed by atoms with E-state index in [1.807, 2.05) is 0 Å². The molecule has 13 heavy (non-hydrogen) atoms. The summed E-state index contributed by atoms with van der Waals surface area (Å²) in [5.74, 6) is -1.80. The molecule has 0 spiro atoms. The van der Waals surface area contributed by atoms with Crippen LogP contribution in [0, 0.1) is 0 Å². The lowest BCUT2D eigenvalue weighted by Gasteiger charge is -2.35. The van der Waals surface area contributed by atoms with Crippen molar-refractivity contribution in [1.82, 2.24) is 9.80 Å². The number of urea groups is 1. The van der Waals surface area contributed by atoms with E-state index in [9.17, 15) is 19.5 Å². The minimum atomic E-state index is -2.13. The fraction of sp³-hybridized carbons (Fsp3) is 0.571. The highest BCUT2D eigenvalue weighted by Crippen LogP contribution is 2.18. The Kier molecular flexibility index (Phi) is 1.88. The van der Waals surface area contributed by atoms with E-state index in [1.165, 1.54) is 14.1 Å². The lowest BCUT2D eigenvalue weighted by Crippen LogP contribution is -2.65. The van der Waals surface area contributed by atoms with E-state index in [0.29, 0.717) is 9.80 Å². The van der Waals surface area contributed by atoms with Crippen LogP contribution >= 0.6 is 0 Å². The van der Waals surface area contributed by atoms with Crippen molar-refractivity contribution in [3.05, 3.63) is 0 Å². The van der Waals surface area contributed by atoms with Crippen molar-refractivity contribution >= 4 is 17.8 Å². The number of aliphatic hydroxyl groups is 1. The van der Waals surface area contributed by atoms with E-state index in [-0.39, 0.29) is 0 Å². The number of carbonyl (C=O) groups excluding carboxylic acids is 3. The van der Waals surface area contributed by atoms with Crippen molar-refractivity contribution in [2.24, 2.45) is 0 Å². The maximum atomic E-state index is 11.2. The predicted molar refractivity (Wildman–Crippen MR) is 41.6 cm³/mol. The molecule has 1 saturated heterocycles. The molecule has 0 unspecified atom stereocenters. The second-order valence-corrected chi connectivity index (χ2v) is 3.08. The van der Waals surface area contributed by atoms with Crippen LogP contribution in [0.2, 0.25) is 0 Å². The zero-order valence-electron chi connectivity index (χ0n) is 7.57. The average Bonchev–Trinajstić information content (AvgIpc) is 2.09. The zero-order chi connectivity index (χ0) is 10.4. The Morgan fingerprint density at radius 3 is 1.69 bits per heavy atom. The van der Waals surface area contributed by atoms with Gasteiger partial charge in [0, 0.05) is 14.1 Å². The van der Waals surface area contributed by atoms with Gasteiger partial charge in [-0.25, -0.2) is 4.79 Å². The van der Waals surface area contributed by atoms with Crippen molar-refractivity contribution in [1.29, 1.82) is 0 Å². The van der Waals surface area contributed by atoms with Gasteiger partial charge in [-0.1, -0.05) is 0 Å². The number of carbonyl (C=O) groups is 3. The van der Waals surface area contributed by atoms with Gasteiger partial charge in [0.1, 0.15) is 0 Å². The van der Waals surface area contributed by atoms with Crippen LogP contribution in [0.15, 0.2) is 0 Å². The van der Waals surface area contributed by atoms with Crippen LogP contribution in [0.5, 0.6) is 0 Å². The third-order valence-electron chi connectivity index (χ3n) is 2.02. The highest BCUT2D eigenvalue weighted by molar-refractivity contribution is 6.20. The molecule has 0 aromatic heterocycles. The van der Waals surface area contributed by atoms with Gasteiger partial charge >= 0.3 is 6.03 Å². The number of hydrogen-bond acceptors (Lipinski definition) is 4. The molecule has 4 amide bonds. The first-order chi connectivity index (χ1) is 5.80. The summed E-state index contributed by atoms with van der Waals surface area (Å²) in [5, 5.41) is 9.44. The van der Waals surface area contributed by atoms with Gasteiger partial charge in [-0.2, -0.15) is 0 Å². The van der Waals surface area contributed by atoms with Crippen LogP contribution in [-0.4, -0.2) is 52.4 Å².